The number of nitrogens with zero attached hydrogens (tertiary/aromatic N) is 2. The lowest BCUT2D eigenvalue weighted by Gasteiger charge is -2.14. The van der Waals surface area contributed by atoms with Gasteiger partial charge in [0, 0.05) is 0 Å². The van der Waals surface area contributed by atoms with Crippen molar-refractivity contribution >= 4 is 0 Å². The maximum atomic E-state index is 12.5. The maximum Gasteiger partial charge on any atom is 0.278 e. The summed E-state index contributed by atoms with van der Waals surface area (Å²) >= 11 is 0. The number of aromatic nitrogens is 2. The predicted molar refractivity (Wildman–Crippen MR) is 75.5 cm³/mol. The molecule has 4 heteroatoms. The molecule has 0 aliphatic rings. The SMILES string of the molecule is Cc1ccccc1-c1c(O)c(C)nn(C(C)C)c1=O. The molecule has 1 heterocycles. The molecule has 1 aromatic heterocycles. The zero-order valence-corrected chi connectivity index (χ0v) is 11.6. The predicted octanol–water partition coefficient (Wildman–Crippen LogP) is 2.81. The second-order valence-electron chi connectivity index (χ2n) is 4.97. The number of aromatic hydroxyl groups is 1. The standard InChI is InChI=1S/C15H18N2O2/c1-9(2)17-15(19)13(14(18)11(4)16-17)12-8-6-5-7-10(12)3/h5-9,18H,1-4H3. The van der Waals surface area contributed by atoms with Crippen LogP contribution in [0.15, 0.2) is 29.1 Å². The van der Waals surface area contributed by atoms with Gasteiger partial charge in [0.2, 0.25) is 0 Å². The minimum atomic E-state index is -0.257. The van der Waals surface area contributed by atoms with E-state index in [0.29, 0.717) is 11.3 Å². The molecule has 100 valence electrons. The Morgan fingerprint density at radius 2 is 1.84 bits per heavy atom. The van der Waals surface area contributed by atoms with Crippen molar-refractivity contribution in [3.63, 3.8) is 0 Å². The fraction of sp³-hybridized carbons (Fsp3) is 0.333. The molecule has 1 N–H and O–H groups in total. The number of rotatable bonds is 2. The van der Waals surface area contributed by atoms with E-state index in [4.69, 9.17) is 0 Å². The third-order valence-corrected chi connectivity index (χ3v) is 3.16. The Kier molecular flexibility index (Phi) is 3.42. The van der Waals surface area contributed by atoms with E-state index in [9.17, 15) is 9.90 Å². The molecule has 0 aliphatic carbocycles. The molecule has 0 atom stereocenters. The lowest BCUT2D eigenvalue weighted by atomic mass is 10.0. The van der Waals surface area contributed by atoms with Gasteiger partial charge in [0.1, 0.15) is 5.69 Å². The van der Waals surface area contributed by atoms with Gasteiger partial charge in [-0.1, -0.05) is 24.3 Å². The van der Waals surface area contributed by atoms with E-state index in [-0.39, 0.29) is 17.4 Å². The largest absolute Gasteiger partial charge is 0.505 e. The second kappa shape index (κ2) is 4.88. The Labute approximate surface area is 112 Å². The first-order valence-electron chi connectivity index (χ1n) is 6.32. The molecule has 0 radical (unpaired) electrons. The molecule has 0 saturated heterocycles. The van der Waals surface area contributed by atoms with E-state index in [1.807, 2.05) is 45.0 Å². The van der Waals surface area contributed by atoms with E-state index < -0.39 is 0 Å². The van der Waals surface area contributed by atoms with Crippen molar-refractivity contribution in [3.8, 4) is 16.9 Å². The van der Waals surface area contributed by atoms with Crippen molar-refractivity contribution in [1.82, 2.24) is 9.78 Å². The van der Waals surface area contributed by atoms with Gasteiger partial charge in [-0.05, 0) is 38.8 Å². The highest BCUT2D eigenvalue weighted by Gasteiger charge is 2.18. The third kappa shape index (κ3) is 2.26. The molecular weight excluding hydrogens is 240 g/mol. The van der Waals surface area contributed by atoms with Crippen LogP contribution in [0.5, 0.6) is 5.75 Å². The molecule has 4 nitrogen and oxygen atoms in total. The molecule has 0 saturated carbocycles. The number of aryl methyl sites for hydroxylation is 2. The maximum absolute atomic E-state index is 12.5. The average molecular weight is 258 g/mol. The molecule has 0 fully saturated rings. The summed E-state index contributed by atoms with van der Waals surface area (Å²) in [5.74, 6) is -0.0313. The van der Waals surface area contributed by atoms with Crippen LogP contribution < -0.4 is 5.56 Å². The fourth-order valence-electron chi connectivity index (χ4n) is 2.10. The smallest absolute Gasteiger partial charge is 0.278 e. The molecule has 1 aromatic carbocycles. The van der Waals surface area contributed by atoms with Crippen LogP contribution in [0, 0.1) is 13.8 Å². The Morgan fingerprint density at radius 1 is 1.21 bits per heavy atom. The van der Waals surface area contributed by atoms with Crippen LogP contribution >= 0.6 is 0 Å². The van der Waals surface area contributed by atoms with Crippen molar-refractivity contribution in [2.24, 2.45) is 0 Å². The van der Waals surface area contributed by atoms with Crippen LogP contribution in [0.2, 0.25) is 0 Å². The van der Waals surface area contributed by atoms with Gasteiger partial charge >= 0.3 is 0 Å². The van der Waals surface area contributed by atoms with Crippen LogP contribution in [0.4, 0.5) is 0 Å². The fourth-order valence-corrected chi connectivity index (χ4v) is 2.10. The molecule has 2 rings (SSSR count). The molecule has 0 amide bonds. The van der Waals surface area contributed by atoms with Gasteiger partial charge in [-0.3, -0.25) is 4.79 Å². The average Bonchev–Trinajstić information content (AvgIpc) is 2.36. The summed E-state index contributed by atoms with van der Waals surface area (Å²) < 4.78 is 1.41. The van der Waals surface area contributed by atoms with Crippen molar-refractivity contribution < 1.29 is 5.11 Å². The number of hydrogen-bond donors (Lipinski definition) is 1. The Hall–Kier alpha value is -2.10. The molecule has 0 aliphatic heterocycles. The first-order valence-corrected chi connectivity index (χ1v) is 6.32. The molecular formula is C15H18N2O2. The van der Waals surface area contributed by atoms with E-state index in [2.05, 4.69) is 5.10 Å². The summed E-state index contributed by atoms with van der Waals surface area (Å²) in [5.41, 5.74) is 2.25. The van der Waals surface area contributed by atoms with Crippen LogP contribution in [0.25, 0.3) is 11.1 Å². The topological polar surface area (TPSA) is 55.1 Å². The van der Waals surface area contributed by atoms with Crippen LogP contribution in [-0.4, -0.2) is 14.9 Å². The monoisotopic (exact) mass is 258 g/mol. The summed E-state index contributed by atoms with van der Waals surface area (Å²) in [4.78, 5) is 12.5. The van der Waals surface area contributed by atoms with Crippen molar-refractivity contribution in [2.75, 3.05) is 0 Å². The zero-order valence-electron chi connectivity index (χ0n) is 11.6. The minimum Gasteiger partial charge on any atom is -0.505 e. The molecule has 19 heavy (non-hydrogen) atoms. The lowest BCUT2D eigenvalue weighted by Crippen LogP contribution is -2.27. The van der Waals surface area contributed by atoms with Gasteiger partial charge in [0.15, 0.2) is 5.75 Å². The Bertz CT molecular complexity index is 672. The van der Waals surface area contributed by atoms with E-state index in [1.54, 1.807) is 6.92 Å². The first-order chi connectivity index (χ1) is 8.93. The van der Waals surface area contributed by atoms with Crippen LogP contribution in [0.1, 0.15) is 31.1 Å². The number of hydrogen-bond acceptors (Lipinski definition) is 3. The first kappa shape index (κ1) is 13.3. The quantitative estimate of drug-likeness (QED) is 0.901. The minimum absolute atomic E-state index is 0.0313. The molecule has 0 spiro atoms. The van der Waals surface area contributed by atoms with Gasteiger partial charge in [-0.2, -0.15) is 5.10 Å². The third-order valence-electron chi connectivity index (χ3n) is 3.16. The van der Waals surface area contributed by atoms with Gasteiger partial charge in [0.25, 0.3) is 5.56 Å². The van der Waals surface area contributed by atoms with Crippen LogP contribution in [0.3, 0.4) is 0 Å². The highest BCUT2D eigenvalue weighted by atomic mass is 16.3. The highest BCUT2D eigenvalue weighted by molar-refractivity contribution is 5.72. The molecule has 0 unspecified atom stereocenters. The number of benzene rings is 1. The summed E-state index contributed by atoms with van der Waals surface area (Å²) in [6.45, 7) is 7.41. The van der Waals surface area contributed by atoms with Gasteiger partial charge in [0.05, 0.1) is 11.6 Å². The second-order valence-corrected chi connectivity index (χ2v) is 4.97. The van der Waals surface area contributed by atoms with E-state index in [1.165, 1.54) is 4.68 Å². The van der Waals surface area contributed by atoms with Crippen molar-refractivity contribution in [1.29, 1.82) is 0 Å². The molecule has 0 bridgehead atoms. The van der Waals surface area contributed by atoms with Crippen LogP contribution in [-0.2, 0) is 0 Å². The molecule has 2 aromatic rings. The zero-order chi connectivity index (χ0) is 14.2. The van der Waals surface area contributed by atoms with Crippen molar-refractivity contribution in [3.05, 3.63) is 45.9 Å². The Balaban J connectivity index is 2.84. The summed E-state index contributed by atoms with van der Waals surface area (Å²) in [6.07, 6.45) is 0. The van der Waals surface area contributed by atoms with Gasteiger partial charge < -0.3 is 5.11 Å². The summed E-state index contributed by atoms with van der Waals surface area (Å²) in [5, 5.41) is 14.3. The summed E-state index contributed by atoms with van der Waals surface area (Å²) in [6, 6.07) is 7.48. The Morgan fingerprint density at radius 3 is 2.42 bits per heavy atom. The van der Waals surface area contributed by atoms with E-state index >= 15 is 0 Å². The lowest BCUT2D eigenvalue weighted by molar-refractivity contribution is 0.441. The highest BCUT2D eigenvalue weighted by Crippen LogP contribution is 2.29. The van der Waals surface area contributed by atoms with Gasteiger partial charge in [-0.15, -0.1) is 0 Å². The summed E-state index contributed by atoms with van der Waals surface area (Å²) in [7, 11) is 0. The van der Waals surface area contributed by atoms with Gasteiger partial charge in [-0.25, -0.2) is 4.68 Å². The normalized spacial score (nSPS) is 11.0. The van der Waals surface area contributed by atoms with E-state index in [0.717, 1.165) is 11.1 Å². The van der Waals surface area contributed by atoms with Crippen molar-refractivity contribution in [2.45, 2.75) is 33.7 Å².